The average molecular weight is 403 g/mol. The summed E-state index contributed by atoms with van der Waals surface area (Å²) < 4.78 is 53.4. The topological polar surface area (TPSA) is 65.2 Å². The SMILES string of the molecule is O=C1c2ccccc2NC(c2cc[nH]c(=O)c2)N1c1ccc(F)c(C(F)(F)F)c1. The van der Waals surface area contributed by atoms with Gasteiger partial charge >= 0.3 is 6.18 Å². The molecule has 148 valence electrons. The maximum Gasteiger partial charge on any atom is 0.419 e. The average Bonchev–Trinajstić information content (AvgIpc) is 2.68. The molecule has 1 amide bonds. The normalized spacial score (nSPS) is 16.3. The van der Waals surface area contributed by atoms with Crippen molar-refractivity contribution in [3.05, 3.63) is 93.7 Å². The molecule has 1 unspecified atom stereocenters. The van der Waals surface area contributed by atoms with Crippen molar-refractivity contribution in [1.29, 1.82) is 0 Å². The highest BCUT2D eigenvalue weighted by Crippen LogP contribution is 2.39. The second-order valence-corrected chi connectivity index (χ2v) is 6.42. The van der Waals surface area contributed by atoms with Crippen molar-refractivity contribution in [3.8, 4) is 0 Å². The maximum absolute atomic E-state index is 13.8. The van der Waals surface area contributed by atoms with E-state index in [4.69, 9.17) is 0 Å². The number of alkyl halides is 3. The molecule has 1 aromatic heterocycles. The van der Waals surface area contributed by atoms with Gasteiger partial charge in [0.15, 0.2) is 0 Å². The number of rotatable bonds is 2. The Hall–Kier alpha value is -3.62. The summed E-state index contributed by atoms with van der Waals surface area (Å²) in [6.45, 7) is 0. The van der Waals surface area contributed by atoms with E-state index in [2.05, 4.69) is 10.3 Å². The van der Waals surface area contributed by atoms with E-state index in [1.165, 1.54) is 24.4 Å². The zero-order valence-electron chi connectivity index (χ0n) is 14.6. The number of aromatic amines is 1. The number of hydrogen-bond acceptors (Lipinski definition) is 3. The molecule has 9 heteroatoms. The van der Waals surface area contributed by atoms with Gasteiger partial charge in [-0.05, 0) is 36.4 Å². The lowest BCUT2D eigenvalue weighted by molar-refractivity contribution is -0.139. The largest absolute Gasteiger partial charge is 0.419 e. The molecule has 3 aromatic rings. The van der Waals surface area contributed by atoms with Crippen LogP contribution in [0.1, 0.15) is 27.7 Å². The van der Waals surface area contributed by atoms with Crippen molar-refractivity contribution in [2.75, 3.05) is 10.2 Å². The number of H-pyrrole nitrogens is 1. The highest BCUT2D eigenvalue weighted by molar-refractivity contribution is 6.12. The van der Waals surface area contributed by atoms with Gasteiger partial charge in [0, 0.05) is 29.2 Å². The second kappa shape index (κ2) is 6.77. The molecule has 1 atom stereocenters. The number of nitrogens with zero attached hydrogens (tertiary/aromatic N) is 1. The predicted molar refractivity (Wildman–Crippen MR) is 98.1 cm³/mol. The van der Waals surface area contributed by atoms with Crippen LogP contribution in [0, 0.1) is 5.82 Å². The third-order valence-electron chi connectivity index (χ3n) is 4.58. The summed E-state index contributed by atoms with van der Waals surface area (Å²) in [5.74, 6) is -2.02. The number of halogens is 4. The van der Waals surface area contributed by atoms with Crippen LogP contribution in [-0.4, -0.2) is 10.9 Å². The number of carbonyl (C=O) groups excluding carboxylic acids is 1. The molecule has 0 aliphatic carbocycles. The summed E-state index contributed by atoms with van der Waals surface area (Å²) in [6.07, 6.45) is -4.52. The Morgan fingerprint density at radius 1 is 0.966 bits per heavy atom. The van der Waals surface area contributed by atoms with E-state index < -0.39 is 35.2 Å². The number of pyridine rings is 1. The van der Waals surface area contributed by atoms with E-state index in [1.54, 1.807) is 18.2 Å². The molecule has 2 heterocycles. The summed E-state index contributed by atoms with van der Waals surface area (Å²) in [5, 5.41) is 3.07. The molecule has 5 nitrogen and oxygen atoms in total. The van der Waals surface area contributed by atoms with Gasteiger partial charge in [-0.2, -0.15) is 13.2 Å². The van der Waals surface area contributed by atoms with Crippen LogP contribution in [0.2, 0.25) is 0 Å². The number of carbonyl (C=O) groups is 1. The van der Waals surface area contributed by atoms with Gasteiger partial charge < -0.3 is 10.3 Å². The quantitative estimate of drug-likeness (QED) is 0.627. The van der Waals surface area contributed by atoms with Gasteiger partial charge in [-0.3, -0.25) is 14.5 Å². The molecular weight excluding hydrogens is 390 g/mol. The third kappa shape index (κ3) is 3.35. The van der Waals surface area contributed by atoms with Crippen molar-refractivity contribution in [2.24, 2.45) is 0 Å². The van der Waals surface area contributed by atoms with Crippen molar-refractivity contribution in [1.82, 2.24) is 4.98 Å². The number of benzene rings is 2. The lowest BCUT2D eigenvalue weighted by Gasteiger charge is -2.38. The van der Waals surface area contributed by atoms with Crippen LogP contribution in [0.15, 0.2) is 65.6 Å². The van der Waals surface area contributed by atoms with Crippen molar-refractivity contribution >= 4 is 17.3 Å². The minimum atomic E-state index is -4.93. The minimum absolute atomic E-state index is 0.156. The fraction of sp³-hybridized carbons (Fsp3) is 0.100. The van der Waals surface area contributed by atoms with Crippen LogP contribution in [0.4, 0.5) is 28.9 Å². The highest BCUT2D eigenvalue weighted by Gasteiger charge is 2.38. The first-order chi connectivity index (χ1) is 13.8. The fourth-order valence-electron chi connectivity index (χ4n) is 3.26. The van der Waals surface area contributed by atoms with E-state index in [1.807, 2.05) is 0 Å². The van der Waals surface area contributed by atoms with Gasteiger partial charge in [0.05, 0.1) is 11.1 Å². The van der Waals surface area contributed by atoms with E-state index >= 15 is 0 Å². The summed E-state index contributed by atoms with van der Waals surface area (Å²) in [4.78, 5) is 28.4. The monoisotopic (exact) mass is 403 g/mol. The molecule has 0 radical (unpaired) electrons. The van der Waals surface area contributed by atoms with E-state index in [0.717, 1.165) is 11.0 Å². The van der Waals surface area contributed by atoms with Crippen molar-refractivity contribution in [3.63, 3.8) is 0 Å². The van der Waals surface area contributed by atoms with Crippen LogP contribution >= 0.6 is 0 Å². The molecule has 2 N–H and O–H groups in total. The smallest absolute Gasteiger partial charge is 0.360 e. The first-order valence-corrected chi connectivity index (χ1v) is 8.50. The minimum Gasteiger partial charge on any atom is -0.360 e. The predicted octanol–water partition coefficient (Wildman–Crippen LogP) is 4.30. The number of para-hydroxylation sites is 1. The molecule has 0 saturated heterocycles. The number of aromatic nitrogens is 1. The highest BCUT2D eigenvalue weighted by atomic mass is 19.4. The van der Waals surface area contributed by atoms with Gasteiger partial charge in [-0.15, -0.1) is 0 Å². The molecule has 0 spiro atoms. The third-order valence-corrected chi connectivity index (χ3v) is 4.58. The Labute approximate surface area is 161 Å². The van der Waals surface area contributed by atoms with E-state index in [9.17, 15) is 27.2 Å². The van der Waals surface area contributed by atoms with Gasteiger partial charge in [0.1, 0.15) is 12.0 Å². The summed E-state index contributed by atoms with van der Waals surface area (Å²) in [6, 6.07) is 11.6. The Morgan fingerprint density at radius 2 is 1.72 bits per heavy atom. The number of nitrogens with one attached hydrogen (secondary N) is 2. The van der Waals surface area contributed by atoms with E-state index in [-0.39, 0.29) is 11.3 Å². The number of hydrogen-bond donors (Lipinski definition) is 2. The van der Waals surface area contributed by atoms with Gasteiger partial charge in [0.2, 0.25) is 5.56 Å². The standard InChI is InChI=1S/C20H13F4N3O2/c21-15-6-5-12(10-14(15)20(22,23)24)27-18(11-7-8-25-17(28)9-11)26-16-4-2-1-3-13(16)19(27)29/h1-10,18,26H,(H,25,28). The zero-order valence-corrected chi connectivity index (χ0v) is 14.6. The van der Waals surface area contributed by atoms with Crippen LogP contribution in [0.3, 0.4) is 0 Å². The maximum atomic E-state index is 13.8. The van der Waals surface area contributed by atoms with Crippen LogP contribution in [0.5, 0.6) is 0 Å². The molecule has 1 aliphatic heterocycles. The molecule has 0 fully saturated rings. The number of anilines is 2. The molecule has 0 bridgehead atoms. The molecule has 0 saturated carbocycles. The first kappa shape index (κ1) is 18.7. The van der Waals surface area contributed by atoms with Crippen LogP contribution < -0.4 is 15.8 Å². The Bertz CT molecular complexity index is 1160. The number of fused-ring (bicyclic) bond motifs is 1. The summed E-state index contributed by atoms with van der Waals surface area (Å²) >= 11 is 0. The Morgan fingerprint density at radius 3 is 2.45 bits per heavy atom. The zero-order chi connectivity index (χ0) is 20.8. The van der Waals surface area contributed by atoms with Crippen LogP contribution in [-0.2, 0) is 6.18 Å². The van der Waals surface area contributed by atoms with Crippen molar-refractivity contribution < 1.29 is 22.4 Å². The molecule has 1 aliphatic rings. The first-order valence-electron chi connectivity index (χ1n) is 8.50. The molecule has 2 aromatic carbocycles. The lowest BCUT2D eigenvalue weighted by Crippen LogP contribution is -2.43. The lowest BCUT2D eigenvalue weighted by atomic mass is 10.0. The Kier molecular flexibility index (Phi) is 4.37. The summed E-state index contributed by atoms with van der Waals surface area (Å²) in [5.41, 5.74) is -1.01. The number of amides is 1. The van der Waals surface area contributed by atoms with Gasteiger partial charge in [-0.1, -0.05) is 12.1 Å². The van der Waals surface area contributed by atoms with Crippen LogP contribution in [0.25, 0.3) is 0 Å². The van der Waals surface area contributed by atoms with Crippen molar-refractivity contribution in [2.45, 2.75) is 12.3 Å². The van der Waals surface area contributed by atoms with Gasteiger partial charge in [-0.25, -0.2) is 4.39 Å². The fourth-order valence-corrected chi connectivity index (χ4v) is 3.26. The molecular formula is C20H13F4N3O2. The van der Waals surface area contributed by atoms with E-state index in [0.29, 0.717) is 23.4 Å². The molecule has 4 rings (SSSR count). The summed E-state index contributed by atoms with van der Waals surface area (Å²) in [7, 11) is 0. The Balaban J connectivity index is 1.91. The second-order valence-electron chi connectivity index (χ2n) is 6.42. The van der Waals surface area contributed by atoms with Gasteiger partial charge in [0.25, 0.3) is 5.91 Å². The molecule has 29 heavy (non-hydrogen) atoms.